The summed E-state index contributed by atoms with van der Waals surface area (Å²) in [5, 5.41) is 8.81. The van der Waals surface area contributed by atoms with Gasteiger partial charge < -0.3 is 24.7 Å². The third-order valence-corrected chi connectivity index (χ3v) is 4.96. The molecule has 0 radical (unpaired) electrons. The van der Waals surface area contributed by atoms with Crippen molar-refractivity contribution in [3.63, 3.8) is 0 Å². The molecule has 1 amide bonds. The number of ether oxygens (including phenoxy) is 2. The summed E-state index contributed by atoms with van der Waals surface area (Å²) >= 11 is 0. The van der Waals surface area contributed by atoms with E-state index in [2.05, 4.69) is 4.98 Å². The summed E-state index contributed by atoms with van der Waals surface area (Å²) in [5.74, 6) is 0.232. The van der Waals surface area contributed by atoms with Gasteiger partial charge in [0.05, 0.1) is 24.5 Å². The highest BCUT2D eigenvalue weighted by atomic mass is 16.5. The Morgan fingerprint density at radius 3 is 2.69 bits per heavy atom. The zero-order chi connectivity index (χ0) is 21.1. The number of nitrogen functional groups attached to an aromatic ring is 1. The minimum Gasteiger partial charge on any atom is -0.474 e. The van der Waals surface area contributed by atoms with E-state index < -0.39 is 0 Å². The van der Waals surface area contributed by atoms with Gasteiger partial charge in [0.2, 0.25) is 5.88 Å². The van der Waals surface area contributed by atoms with E-state index in [0.717, 1.165) is 12.8 Å². The summed E-state index contributed by atoms with van der Waals surface area (Å²) < 4.78 is 13.3. The monoisotopic (exact) mass is 399 g/mol. The SMILES string of the molecule is CC(C)n1cc(C(=N)c2c(N)ccnc2OC2CCOCC2)cc1C(=O)N(C)C. The predicted octanol–water partition coefficient (Wildman–Crippen LogP) is 2.72. The number of rotatable bonds is 6. The van der Waals surface area contributed by atoms with Gasteiger partial charge in [-0.25, -0.2) is 4.98 Å². The molecule has 0 atom stereocenters. The molecule has 0 aromatic carbocycles. The first-order valence-electron chi connectivity index (χ1n) is 9.81. The van der Waals surface area contributed by atoms with Crippen molar-refractivity contribution in [2.24, 2.45) is 0 Å². The van der Waals surface area contributed by atoms with Gasteiger partial charge in [0.25, 0.3) is 5.91 Å². The smallest absolute Gasteiger partial charge is 0.269 e. The molecule has 2 aromatic rings. The lowest BCUT2D eigenvalue weighted by molar-refractivity contribution is 0.0237. The molecule has 1 aliphatic heterocycles. The molecule has 3 N–H and O–H groups in total. The van der Waals surface area contributed by atoms with Crippen molar-refractivity contribution in [2.45, 2.75) is 38.8 Å². The van der Waals surface area contributed by atoms with Crippen molar-refractivity contribution < 1.29 is 14.3 Å². The zero-order valence-electron chi connectivity index (χ0n) is 17.4. The predicted molar refractivity (Wildman–Crippen MR) is 112 cm³/mol. The van der Waals surface area contributed by atoms with Crippen molar-refractivity contribution in [1.29, 1.82) is 5.41 Å². The molecular weight excluding hydrogens is 370 g/mol. The number of aromatic nitrogens is 2. The van der Waals surface area contributed by atoms with Gasteiger partial charge in [-0.3, -0.25) is 10.2 Å². The van der Waals surface area contributed by atoms with Crippen LogP contribution in [0.15, 0.2) is 24.5 Å². The quantitative estimate of drug-likeness (QED) is 0.727. The fraction of sp³-hybridized carbons (Fsp3) is 0.476. The van der Waals surface area contributed by atoms with Crippen molar-refractivity contribution in [1.82, 2.24) is 14.5 Å². The molecule has 3 heterocycles. The Balaban J connectivity index is 1.98. The molecule has 1 fully saturated rings. The summed E-state index contributed by atoms with van der Waals surface area (Å²) in [6.45, 7) is 5.29. The third kappa shape index (κ3) is 4.42. The van der Waals surface area contributed by atoms with E-state index in [1.54, 1.807) is 32.4 Å². The molecule has 8 heteroatoms. The van der Waals surface area contributed by atoms with Crippen LogP contribution < -0.4 is 10.5 Å². The van der Waals surface area contributed by atoms with E-state index in [1.165, 1.54) is 4.90 Å². The van der Waals surface area contributed by atoms with Gasteiger partial charge >= 0.3 is 0 Å². The Kier molecular flexibility index (Phi) is 6.22. The summed E-state index contributed by atoms with van der Waals surface area (Å²) in [7, 11) is 3.42. The Labute approximate surface area is 171 Å². The van der Waals surface area contributed by atoms with E-state index >= 15 is 0 Å². The zero-order valence-corrected chi connectivity index (χ0v) is 17.4. The number of hydrogen-bond donors (Lipinski definition) is 2. The minimum atomic E-state index is -0.115. The van der Waals surface area contributed by atoms with E-state index in [9.17, 15) is 4.79 Å². The highest BCUT2D eigenvalue weighted by molar-refractivity contribution is 6.16. The summed E-state index contributed by atoms with van der Waals surface area (Å²) in [6, 6.07) is 3.46. The van der Waals surface area contributed by atoms with Crippen LogP contribution in [-0.4, -0.2) is 59.5 Å². The Morgan fingerprint density at radius 2 is 2.07 bits per heavy atom. The van der Waals surface area contributed by atoms with Crippen LogP contribution in [0.3, 0.4) is 0 Å². The normalized spacial score (nSPS) is 14.8. The second-order valence-electron chi connectivity index (χ2n) is 7.70. The Hall–Kier alpha value is -2.87. The first-order chi connectivity index (χ1) is 13.8. The summed E-state index contributed by atoms with van der Waals surface area (Å²) in [4.78, 5) is 18.5. The number of pyridine rings is 1. The average molecular weight is 399 g/mol. The molecule has 0 unspecified atom stereocenters. The second kappa shape index (κ2) is 8.65. The molecule has 0 saturated carbocycles. The van der Waals surface area contributed by atoms with Crippen LogP contribution in [0.1, 0.15) is 54.3 Å². The first-order valence-corrected chi connectivity index (χ1v) is 9.81. The molecule has 8 nitrogen and oxygen atoms in total. The van der Waals surface area contributed by atoms with Crippen LogP contribution in [0.2, 0.25) is 0 Å². The van der Waals surface area contributed by atoms with Crippen molar-refractivity contribution >= 4 is 17.3 Å². The number of nitrogens with one attached hydrogen (secondary N) is 1. The van der Waals surface area contributed by atoms with Gasteiger partial charge in [-0.2, -0.15) is 0 Å². The number of nitrogens with two attached hydrogens (primary N) is 1. The van der Waals surface area contributed by atoms with Gasteiger partial charge in [-0.1, -0.05) is 0 Å². The van der Waals surface area contributed by atoms with Gasteiger partial charge in [0.15, 0.2) is 0 Å². The maximum atomic E-state index is 12.6. The lowest BCUT2D eigenvalue weighted by Crippen LogP contribution is -2.27. The van der Waals surface area contributed by atoms with E-state index in [1.807, 2.05) is 24.6 Å². The first kappa shape index (κ1) is 20.9. The molecule has 0 aliphatic carbocycles. The van der Waals surface area contributed by atoms with E-state index in [-0.39, 0.29) is 23.8 Å². The number of carbonyl (C=O) groups is 1. The van der Waals surface area contributed by atoms with Crippen LogP contribution in [0.5, 0.6) is 5.88 Å². The molecule has 29 heavy (non-hydrogen) atoms. The molecule has 2 aromatic heterocycles. The summed E-state index contributed by atoms with van der Waals surface area (Å²) in [5.41, 5.74) is 8.39. The van der Waals surface area contributed by atoms with Gasteiger partial charge in [0, 0.05) is 56.6 Å². The molecular formula is C21H29N5O3. The average Bonchev–Trinajstić information content (AvgIpc) is 3.13. The fourth-order valence-corrected chi connectivity index (χ4v) is 3.34. The largest absolute Gasteiger partial charge is 0.474 e. The minimum absolute atomic E-state index is 0.0178. The third-order valence-electron chi connectivity index (χ3n) is 4.96. The van der Waals surface area contributed by atoms with Gasteiger partial charge in [-0.15, -0.1) is 0 Å². The molecule has 0 spiro atoms. The maximum Gasteiger partial charge on any atom is 0.269 e. The Bertz CT molecular complexity index is 898. The molecule has 3 rings (SSSR count). The standard InChI is InChI=1S/C21H29N5O3/c1-13(2)26-12-14(11-17(26)21(27)25(3)4)19(23)18-16(22)5-8-24-20(18)29-15-6-9-28-10-7-15/h5,8,11-13,15,23H,6-7,9-10H2,1-4H3,(H2,22,24). The Morgan fingerprint density at radius 1 is 1.38 bits per heavy atom. The van der Waals surface area contributed by atoms with Crippen molar-refractivity contribution in [3.8, 4) is 5.88 Å². The van der Waals surface area contributed by atoms with Crippen molar-refractivity contribution in [2.75, 3.05) is 33.0 Å². The lowest BCUT2D eigenvalue weighted by Gasteiger charge is -2.24. The maximum absolute atomic E-state index is 12.6. The highest BCUT2D eigenvalue weighted by Gasteiger charge is 2.24. The molecule has 1 aliphatic rings. The van der Waals surface area contributed by atoms with E-state index in [4.69, 9.17) is 20.6 Å². The lowest BCUT2D eigenvalue weighted by atomic mass is 10.0. The number of carbonyl (C=O) groups excluding carboxylic acids is 1. The number of hydrogen-bond acceptors (Lipinski definition) is 6. The number of anilines is 1. The fourth-order valence-electron chi connectivity index (χ4n) is 3.34. The summed E-state index contributed by atoms with van der Waals surface area (Å²) in [6.07, 6.45) is 4.93. The molecule has 0 bridgehead atoms. The second-order valence-corrected chi connectivity index (χ2v) is 7.70. The van der Waals surface area contributed by atoms with Gasteiger partial charge in [0.1, 0.15) is 11.8 Å². The van der Waals surface area contributed by atoms with Crippen LogP contribution in [0, 0.1) is 5.41 Å². The van der Waals surface area contributed by atoms with Crippen molar-refractivity contribution in [3.05, 3.63) is 41.3 Å². The van der Waals surface area contributed by atoms with Gasteiger partial charge in [-0.05, 0) is 26.0 Å². The van der Waals surface area contributed by atoms with E-state index in [0.29, 0.717) is 41.6 Å². The van der Waals surface area contributed by atoms with Crippen LogP contribution in [-0.2, 0) is 4.74 Å². The molecule has 156 valence electrons. The van der Waals surface area contributed by atoms with Crippen LogP contribution >= 0.6 is 0 Å². The van der Waals surface area contributed by atoms with Crippen LogP contribution in [0.4, 0.5) is 5.69 Å². The molecule has 1 saturated heterocycles. The number of amides is 1. The highest BCUT2D eigenvalue weighted by Crippen LogP contribution is 2.29. The number of nitrogens with zero attached hydrogens (tertiary/aromatic N) is 3. The topological polar surface area (TPSA) is 106 Å². The van der Waals surface area contributed by atoms with Crippen LogP contribution in [0.25, 0.3) is 0 Å².